The van der Waals surface area contributed by atoms with Crippen molar-refractivity contribution in [3.63, 3.8) is 0 Å². The van der Waals surface area contributed by atoms with Gasteiger partial charge in [-0.05, 0) is 30.5 Å². The number of benzene rings is 1. The molecule has 0 bridgehead atoms. The number of carboxylic acid groups (broad SMARTS) is 1. The number of nitrogens with one attached hydrogen (secondary N) is 1. The Morgan fingerprint density at radius 2 is 1.96 bits per heavy atom. The smallest absolute Gasteiger partial charge is 0.309 e. The molecule has 25 heavy (non-hydrogen) atoms. The van der Waals surface area contributed by atoms with E-state index in [4.69, 9.17) is 9.47 Å². The number of carbonyl (C=O) groups excluding carboxylic acids is 1. The molecule has 2 fully saturated rings. The molecule has 0 saturated carbocycles. The number of likely N-dealkylation sites (tertiary alicyclic amines) is 1. The van der Waals surface area contributed by atoms with Crippen LogP contribution in [0.5, 0.6) is 11.5 Å². The normalized spacial score (nSPS) is 22.6. The summed E-state index contributed by atoms with van der Waals surface area (Å²) in [5.41, 5.74) is 0.524. The highest BCUT2D eigenvalue weighted by Crippen LogP contribution is 2.37. The van der Waals surface area contributed by atoms with E-state index in [0.717, 1.165) is 25.2 Å². The number of piperidine rings is 1. The summed E-state index contributed by atoms with van der Waals surface area (Å²) in [6, 6.07) is 5.85. The van der Waals surface area contributed by atoms with Crippen molar-refractivity contribution in [2.24, 2.45) is 5.92 Å². The van der Waals surface area contributed by atoms with Crippen molar-refractivity contribution in [1.29, 1.82) is 0 Å². The lowest BCUT2D eigenvalue weighted by molar-refractivity contribution is -0.144. The van der Waals surface area contributed by atoms with Crippen LogP contribution in [-0.4, -0.2) is 54.7 Å². The summed E-state index contributed by atoms with van der Waals surface area (Å²) in [6.45, 7) is 2.25. The molecule has 1 amide bonds. The van der Waals surface area contributed by atoms with Crippen LogP contribution in [0.2, 0.25) is 0 Å². The minimum Gasteiger partial charge on any atom is -0.493 e. The summed E-state index contributed by atoms with van der Waals surface area (Å²) >= 11 is 0. The SMILES string of the molecule is COc1ccc(CN2CCC3(CC2)NC(=O)CC3C(=O)O)cc1OC. The van der Waals surface area contributed by atoms with Gasteiger partial charge in [0.2, 0.25) is 5.91 Å². The van der Waals surface area contributed by atoms with Crippen LogP contribution in [0.3, 0.4) is 0 Å². The molecule has 1 aromatic carbocycles. The summed E-state index contributed by atoms with van der Waals surface area (Å²) < 4.78 is 10.6. The van der Waals surface area contributed by atoms with Crippen LogP contribution in [-0.2, 0) is 16.1 Å². The highest BCUT2D eigenvalue weighted by atomic mass is 16.5. The molecule has 7 nitrogen and oxygen atoms in total. The van der Waals surface area contributed by atoms with Gasteiger partial charge in [0.05, 0.1) is 25.7 Å². The van der Waals surface area contributed by atoms with Crippen molar-refractivity contribution < 1.29 is 24.2 Å². The lowest BCUT2D eigenvalue weighted by Crippen LogP contribution is -2.55. The summed E-state index contributed by atoms with van der Waals surface area (Å²) in [5, 5.41) is 12.4. The Balaban J connectivity index is 1.65. The van der Waals surface area contributed by atoms with Crippen molar-refractivity contribution in [2.45, 2.75) is 31.3 Å². The van der Waals surface area contributed by atoms with E-state index in [-0.39, 0.29) is 12.3 Å². The molecule has 2 aliphatic rings. The van der Waals surface area contributed by atoms with Crippen molar-refractivity contribution in [3.8, 4) is 11.5 Å². The molecule has 2 aliphatic heterocycles. The van der Waals surface area contributed by atoms with Crippen LogP contribution in [0.4, 0.5) is 0 Å². The first-order valence-corrected chi connectivity index (χ1v) is 8.44. The molecule has 136 valence electrons. The molecular formula is C18H24N2O5. The second kappa shape index (κ2) is 6.92. The van der Waals surface area contributed by atoms with Crippen molar-refractivity contribution in [1.82, 2.24) is 10.2 Å². The summed E-state index contributed by atoms with van der Waals surface area (Å²) in [4.78, 5) is 25.5. The predicted octanol–water partition coefficient (Wildman–Crippen LogP) is 1.26. The van der Waals surface area contributed by atoms with Gasteiger partial charge >= 0.3 is 5.97 Å². The maximum atomic E-state index is 11.7. The van der Waals surface area contributed by atoms with Crippen LogP contribution >= 0.6 is 0 Å². The number of ether oxygens (including phenoxy) is 2. The summed E-state index contributed by atoms with van der Waals surface area (Å²) in [6.07, 6.45) is 1.40. The first-order valence-electron chi connectivity index (χ1n) is 8.44. The van der Waals surface area contributed by atoms with Gasteiger partial charge in [-0.15, -0.1) is 0 Å². The molecule has 1 atom stereocenters. The molecule has 7 heteroatoms. The summed E-state index contributed by atoms with van der Waals surface area (Å²) in [7, 11) is 3.22. The predicted molar refractivity (Wildman–Crippen MR) is 90.7 cm³/mol. The Bertz CT molecular complexity index is 667. The van der Waals surface area contributed by atoms with Gasteiger partial charge in [0, 0.05) is 26.1 Å². The van der Waals surface area contributed by atoms with E-state index in [0.29, 0.717) is 24.3 Å². The third-order valence-electron chi connectivity index (χ3n) is 5.35. The minimum absolute atomic E-state index is 0.0883. The number of nitrogens with zero attached hydrogens (tertiary/aromatic N) is 1. The first-order chi connectivity index (χ1) is 12.0. The van der Waals surface area contributed by atoms with E-state index in [9.17, 15) is 14.7 Å². The van der Waals surface area contributed by atoms with Crippen molar-refractivity contribution >= 4 is 11.9 Å². The number of aliphatic carboxylic acids is 1. The average Bonchev–Trinajstić information content (AvgIpc) is 2.93. The van der Waals surface area contributed by atoms with E-state index in [1.807, 2.05) is 18.2 Å². The Morgan fingerprint density at radius 3 is 2.56 bits per heavy atom. The van der Waals surface area contributed by atoms with Gasteiger partial charge in [0.15, 0.2) is 11.5 Å². The molecule has 1 aromatic rings. The van der Waals surface area contributed by atoms with E-state index in [1.165, 1.54) is 0 Å². The Labute approximate surface area is 146 Å². The zero-order valence-corrected chi connectivity index (χ0v) is 14.6. The van der Waals surface area contributed by atoms with Gasteiger partial charge in [0.25, 0.3) is 0 Å². The maximum absolute atomic E-state index is 11.7. The topological polar surface area (TPSA) is 88.1 Å². The fourth-order valence-electron chi connectivity index (χ4n) is 3.94. The van der Waals surface area contributed by atoms with E-state index >= 15 is 0 Å². The van der Waals surface area contributed by atoms with E-state index < -0.39 is 17.4 Å². The average molecular weight is 348 g/mol. The zero-order valence-electron chi connectivity index (χ0n) is 14.6. The third kappa shape index (κ3) is 3.42. The van der Waals surface area contributed by atoms with Gasteiger partial charge in [-0.1, -0.05) is 6.07 Å². The van der Waals surface area contributed by atoms with Crippen molar-refractivity contribution in [3.05, 3.63) is 23.8 Å². The zero-order chi connectivity index (χ0) is 18.0. The minimum atomic E-state index is -0.883. The number of amides is 1. The summed E-state index contributed by atoms with van der Waals surface area (Å²) in [5.74, 6) is -0.264. The molecule has 3 rings (SSSR count). The van der Waals surface area contributed by atoms with Crippen LogP contribution in [0.25, 0.3) is 0 Å². The highest BCUT2D eigenvalue weighted by Gasteiger charge is 2.51. The van der Waals surface area contributed by atoms with Gasteiger partial charge in [0.1, 0.15) is 0 Å². The third-order valence-corrected chi connectivity index (χ3v) is 5.35. The molecular weight excluding hydrogens is 324 g/mol. The second-order valence-electron chi connectivity index (χ2n) is 6.76. The van der Waals surface area contributed by atoms with E-state index in [2.05, 4.69) is 10.2 Å². The standard InChI is InChI=1S/C18H24N2O5/c1-24-14-4-3-12(9-15(14)25-2)11-20-7-5-18(6-8-20)13(17(22)23)10-16(21)19-18/h3-4,9,13H,5-8,10-11H2,1-2H3,(H,19,21)(H,22,23). The van der Waals surface area contributed by atoms with Crippen LogP contribution in [0.1, 0.15) is 24.8 Å². The fourth-order valence-corrected chi connectivity index (χ4v) is 3.94. The number of hydrogen-bond donors (Lipinski definition) is 2. The molecule has 0 aliphatic carbocycles. The molecule has 1 spiro atoms. The Hall–Kier alpha value is -2.28. The molecule has 2 saturated heterocycles. The number of hydrogen-bond acceptors (Lipinski definition) is 5. The molecule has 0 aromatic heterocycles. The number of carboxylic acids is 1. The number of carbonyl (C=O) groups is 2. The fraction of sp³-hybridized carbons (Fsp3) is 0.556. The first kappa shape index (κ1) is 17.5. The quantitative estimate of drug-likeness (QED) is 0.833. The number of methoxy groups -OCH3 is 2. The van der Waals surface area contributed by atoms with Gasteiger partial charge in [-0.2, -0.15) is 0 Å². The van der Waals surface area contributed by atoms with Crippen LogP contribution < -0.4 is 14.8 Å². The lowest BCUT2D eigenvalue weighted by Gasteiger charge is -2.41. The maximum Gasteiger partial charge on any atom is 0.309 e. The van der Waals surface area contributed by atoms with Crippen molar-refractivity contribution in [2.75, 3.05) is 27.3 Å². The van der Waals surface area contributed by atoms with Gasteiger partial charge in [-0.25, -0.2) is 0 Å². The second-order valence-corrected chi connectivity index (χ2v) is 6.76. The van der Waals surface area contributed by atoms with Crippen LogP contribution in [0.15, 0.2) is 18.2 Å². The van der Waals surface area contributed by atoms with E-state index in [1.54, 1.807) is 14.2 Å². The Morgan fingerprint density at radius 1 is 1.28 bits per heavy atom. The Kier molecular flexibility index (Phi) is 4.85. The monoisotopic (exact) mass is 348 g/mol. The molecule has 0 radical (unpaired) electrons. The molecule has 1 unspecified atom stereocenters. The highest BCUT2D eigenvalue weighted by molar-refractivity contribution is 5.88. The molecule has 2 heterocycles. The van der Waals surface area contributed by atoms with Crippen LogP contribution in [0, 0.1) is 5.92 Å². The van der Waals surface area contributed by atoms with Gasteiger partial charge in [-0.3, -0.25) is 14.5 Å². The number of rotatable bonds is 5. The largest absolute Gasteiger partial charge is 0.493 e. The van der Waals surface area contributed by atoms with Gasteiger partial charge < -0.3 is 19.9 Å². The molecule has 2 N–H and O–H groups in total. The lowest BCUT2D eigenvalue weighted by atomic mass is 9.77.